The third-order valence-corrected chi connectivity index (χ3v) is 1.93. The van der Waals surface area contributed by atoms with Crippen LogP contribution in [-0.4, -0.2) is 29.6 Å². The maximum atomic E-state index is 11.2. The van der Waals surface area contributed by atoms with Crippen molar-refractivity contribution in [2.75, 3.05) is 13.7 Å². The van der Waals surface area contributed by atoms with Crippen molar-refractivity contribution in [3.8, 4) is 0 Å². The first kappa shape index (κ1) is 14.5. The van der Waals surface area contributed by atoms with Crippen LogP contribution >= 0.6 is 0 Å². The molecular formula is C11H19N3O2. The van der Waals surface area contributed by atoms with Crippen molar-refractivity contribution in [1.82, 2.24) is 9.97 Å². The predicted octanol–water partition coefficient (Wildman–Crippen LogP) is 1.11. The zero-order valence-corrected chi connectivity index (χ0v) is 10.0. The van der Waals surface area contributed by atoms with Crippen LogP contribution in [-0.2, 0) is 9.53 Å². The minimum Gasteiger partial charge on any atom is -0.466 e. The Bertz CT molecular complexity index is 291. The minimum atomic E-state index is -0.177. The molecule has 1 aromatic heterocycles. The summed E-state index contributed by atoms with van der Waals surface area (Å²) in [6, 6.07) is 0. The van der Waals surface area contributed by atoms with E-state index in [-0.39, 0.29) is 11.9 Å². The van der Waals surface area contributed by atoms with E-state index in [2.05, 4.69) is 15.7 Å². The lowest BCUT2D eigenvalue weighted by molar-refractivity contribution is -0.143. The number of carbonyl (C=O) groups excluding carboxylic acids is 1. The molecule has 0 bridgehead atoms. The first-order valence-electron chi connectivity index (χ1n) is 5.22. The molecule has 16 heavy (non-hydrogen) atoms. The lowest BCUT2D eigenvalue weighted by atomic mass is 10.0. The third kappa shape index (κ3) is 5.41. The molecule has 5 nitrogen and oxygen atoms in total. The van der Waals surface area contributed by atoms with E-state index in [9.17, 15) is 4.79 Å². The smallest absolute Gasteiger partial charge is 0.306 e. The van der Waals surface area contributed by atoms with E-state index in [1.807, 2.05) is 6.92 Å². The summed E-state index contributed by atoms with van der Waals surface area (Å²) in [6.07, 6.45) is 5.29. The van der Waals surface area contributed by atoms with E-state index < -0.39 is 0 Å². The van der Waals surface area contributed by atoms with E-state index in [0.29, 0.717) is 13.0 Å². The van der Waals surface area contributed by atoms with Crippen LogP contribution in [0.5, 0.6) is 0 Å². The maximum Gasteiger partial charge on any atom is 0.306 e. The van der Waals surface area contributed by atoms with E-state index in [1.54, 1.807) is 19.3 Å². The molecule has 1 unspecified atom stereocenters. The number of ether oxygens (including phenoxy) is 1. The quantitative estimate of drug-likeness (QED) is 0.776. The highest BCUT2D eigenvalue weighted by atomic mass is 16.5. The predicted molar refractivity (Wildman–Crippen MR) is 61.8 cm³/mol. The zero-order chi connectivity index (χ0) is 12.4. The summed E-state index contributed by atoms with van der Waals surface area (Å²) < 4.78 is 4.85. The first-order chi connectivity index (χ1) is 7.74. The van der Waals surface area contributed by atoms with Crippen LogP contribution in [0.25, 0.3) is 0 Å². The van der Waals surface area contributed by atoms with Gasteiger partial charge in [0.25, 0.3) is 0 Å². The summed E-state index contributed by atoms with van der Waals surface area (Å²) in [7, 11) is 1.50. The van der Waals surface area contributed by atoms with Crippen LogP contribution in [0.1, 0.15) is 31.7 Å². The second kappa shape index (κ2) is 8.79. The number of aromatic nitrogens is 2. The Morgan fingerprint density at radius 2 is 2.00 bits per heavy atom. The Morgan fingerprint density at radius 3 is 2.50 bits per heavy atom. The molecule has 5 heteroatoms. The highest BCUT2D eigenvalue weighted by Crippen LogP contribution is 2.16. The Kier molecular flexibility index (Phi) is 7.97. The molecule has 2 N–H and O–H groups in total. The van der Waals surface area contributed by atoms with Gasteiger partial charge in [-0.25, -0.2) is 9.97 Å². The Morgan fingerprint density at radius 1 is 1.44 bits per heavy atom. The monoisotopic (exact) mass is 225 g/mol. The van der Waals surface area contributed by atoms with Gasteiger partial charge in [0.15, 0.2) is 0 Å². The lowest BCUT2D eigenvalue weighted by Gasteiger charge is -2.09. The summed E-state index contributed by atoms with van der Waals surface area (Å²) >= 11 is 0. The topological polar surface area (TPSA) is 78.1 Å². The molecule has 0 saturated heterocycles. The highest BCUT2D eigenvalue weighted by Gasteiger charge is 2.11. The van der Waals surface area contributed by atoms with Gasteiger partial charge >= 0.3 is 5.97 Å². The van der Waals surface area contributed by atoms with E-state index in [0.717, 1.165) is 5.56 Å². The zero-order valence-electron chi connectivity index (χ0n) is 10.0. The molecule has 0 spiro atoms. The van der Waals surface area contributed by atoms with Gasteiger partial charge in [0, 0.05) is 12.4 Å². The van der Waals surface area contributed by atoms with Crippen LogP contribution in [0, 0.1) is 0 Å². The second-order valence-corrected chi connectivity index (χ2v) is 3.08. The molecule has 0 radical (unpaired) electrons. The molecule has 1 heterocycles. The van der Waals surface area contributed by atoms with Gasteiger partial charge in [-0.3, -0.25) is 4.79 Å². The fraction of sp³-hybridized carbons (Fsp3) is 0.545. The number of hydrogen-bond donors (Lipinski definition) is 1. The normalized spacial score (nSPS) is 11.0. The summed E-state index contributed by atoms with van der Waals surface area (Å²) in [6.45, 7) is 4.18. The van der Waals surface area contributed by atoms with E-state index in [1.165, 1.54) is 13.4 Å². The molecule has 0 saturated carbocycles. The van der Waals surface area contributed by atoms with E-state index in [4.69, 9.17) is 4.74 Å². The summed E-state index contributed by atoms with van der Waals surface area (Å²) in [5, 5.41) is 0. The van der Waals surface area contributed by atoms with Gasteiger partial charge in [0.1, 0.15) is 6.33 Å². The van der Waals surface area contributed by atoms with Crippen LogP contribution in [0.3, 0.4) is 0 Å². The molecule has 0 fully saturated rings. The number of carbonyl (C=O) groups is 1. The lowest BCUT2D eigenvalue weighted by Crippen LogP contribution is -2.08. The van der Waals surface area contributed by atoms with Crippen LogP contribution in [0.4, 0.5) is 0 Å². The van der Waals surface area contributed by atoms with Crippen molar-refractivity contribution in [3.63, 3.8) is 0 Å². The first-order valence-corrected chi connectivity index (χ1v) is 5.22. The van der Waals surface area contributed by atoms with Gasteiger partial charge in [-0.2, -0.15) is 0 Å². The molecular weight excluding hydrogens is 206 g/mol. The minimum absolute atomic E-state index is 0.107. The fourth-order valence-corrected chi connectivity index (χ4v) is 1.15. The summed E-state index contributed by atoms with van der Waals surface area (Å²) in [5.41, 5.74) is 5.46. The van der Waals surface area contributed by atoms with Crippen molar-refractivity contribution in [2.24, 2.45) is 5.73 Å². The Labute approximate surface area is 96.0 Å². The van der Waals surface area contributed by atoms with Gasteiger partial charge in [0.2, 0.25) is 0 Å². The number of esters is 1. The van der Waals surface area contributed by atoms with Crippen molar-refractivity contribution in [3.05, 3.63) is 24.3 Å². The average Bonchev–Trinajstić information content (AvgIpc) is 2.33. The number of rotatable bonds is 4. The molecule has 0 aromatic carbocycles. The average molecular weight is 225 g/mol. The Balaban J connectivity index is 0.00000106. The second-order valence-electron chi connectivity index (χ2n) is 3.08. The van der Waals surface area contributed by atoms with Gasteiger partial charge < -0.3 is 10.5 Å². The summed E-state index contributed by atoms with van der Waals surface area (Å²) in [4.78, 5) is 19.0. The molecule has 1 rings (SSSR count). The van der Waals surface area contributed by atoms with Gasteiger partial charge in [-0.05, 0) is 25.5 Å². The molecule has 0 aliphatic rings. The highest BCUT2D eigenvalue weighted by molar-refractivity contribution is 5.70. The molecule has 1 atom stereocenters. The van der Waals surface area contributed by atoms with Crippen molar-refractivity contribution in [2.45, 2.75) is 26.2 Å². The summed E-state index contributed by atoms with van der Waals surface area (Å²) in [5.74, 6) is -0.0703. The third-order valence-electron chi connectivity index (χ3n) is 1.93. The number of nitrogens with two attached hydrogens (primary N) is 1. The van der Waals surface area contributed by atoms with Crippen molar-refractivity contribution < 1.29 is 9.53 Å². The number of hydrogen-bond acceptors (Lipinski definition) is 5. The number of nitrogens with zero attached hydrogens (tertiary/aromatic N) is 2. The standard InChI is InChI=1S/C10H14N2O2.CH5N/c1-3-14-10(13)4-8(2)9-5-11-7-12-6-9;1-2/h5-8H,3-4H2,1-2H3;2H2,1H3. The molecule has 90 valence electrons. The van der Waals surface area contributed by atoms with Crippen molar-refractivity contribution >= 4 is 5.97 Å². The largest absolute Gasteiger partial charge is 0.466 e. The maximum absolute atomic E-state index is 11.2. The van der Waals surface area contributed by atoms with Crippen LogP contribution in [0.2, 0.25) is 0 Å². The Hall–Kier alpha value is -1.49. The fourth-order valence-electron chi connectivity index (χ4n) is 1.15. The SMILES string of the molecule is CCOC(=O)CC(C)c1cncnc1.CN. The van der Waals surface area contributed by atoms with Gasteiger partial charge in [-0.1, -0.05) is 6.92 Å². The molecule has 0 aliphatic heterocycles. The van der Waals surface area contributed by atoms with Gasteiger partial charge in [-0.15, -0.1) is 0 Å². The van der Waals surface area contributed by atoms with Crippen LogP contribution in [0.15, 0.2) is 18.7 Å². The van der Waals surface area contributed by atoms with Crippen LogP contribution < -0.4 is 5.73 Å². The molecule has 0 amide bonds. The molecule has 1 aromatic rings. The van der Waals surface area contributed by atoms with Gasteiger partial charge in [0.05, 0.1) is 13.0 Å². The van der Waals surface area contributed by atoms with E-state index >= 15 is 0 Å². The van der Waals surface area contributed by atoms with Crippen molar-refractivity contribution in [1.29, 1.82) is 0 Å². The molecule has 0 aliphatic carbocycles.